The van der Waals surface area contributed by atoms with E-state index in [0.29, 0.717) is 27.0 Å². The van der Waals surface area contributed by atoms with Crippen molar-refractivity contribution in [3.63, 3.8) is 0 Å². The summed E-state index contributed by atoms with van der Waals surface area (Å²) in [5.74, 6) is -0.561. The monoisotopic (exact) mass is 533 g/mol. The van der Waals surface area contributed by atoms with Crippen LogP contribution in [0.1, 0.15) is 47.1 Å². The average Bonchev–Trinajstić information content (AvgIpc) is 2.73. The fraction of sp³-hybridized carbons (Fsp3) is 0.154. The molecule has 1 aliphatic heterocycles. The molecule has 3 aromatic carbocycles. The van der Waals surface area contributed by atoms with E-state index in [4.69, 9.17) is 51.1 Å². The Morgan fingerprint density at radius 2 is 1.41 bits per heavy atom. The number of amides is 1. The standard InChI is InChI=1S/C26H19Cl4NO3/c1-14-13-26(2,3)31(24(32)18-7-4-15(27)10-21(18)29)23-9-6-17(12-20(14)23)34-25(33)19-8-5-16(28)11-22(19)30/h4-13H,1-3H3. The van der Waals surface area contributed by atoms with E-state index in [-0.39, 0.29) is 21.5 Å². The molecular formula is C26H19Cl4NO3. The molecule has 174 valence electrons. The Balaban J connectivity index is 1.71. The summed E-state index contributed by atoms with van der Waals surface area (Å²) < 4.78 is 5.57. The van der Waals surface area contributed by atoms with Crippen LogP contribution in [0, 0.1) is 0 Å². The van der Waals surface area contributed by atoms with Gasteiger partial charge in [0.05, 0.1) is 32.4 Å². The Morgan fingerprint density at radius 3 is 2.00 bits per heavy atom. The molecule has 1 heterocycles. The van der Waals surface area contributed by atoms with Gasteiger partial charge in [-0.2, -0.15) is 0 Å². The highest BCUT2D eigenvalue weighted by atomic mass is 35.5. The van der Waals surface area contributed by atoms with Gasteiger partial charge in [0, 0.05) is 15.6 Å². The Labute approximate surface area is 217 Å². The van der Waals surface area contributed by atoms with E-state index in [1.165, 1.54) is 12.1 Å². The number of ether oxygens (including phenoxy) is 1. The first-order valence-electron chi connectivity index (χ1n) is 10.3. The summed E-state index contributed by atoms with van der Waals surface area (Å²) in [7, 11) is 0. The van der Waals surface area contributed by atoms with E-state index in [0.717, 1.165) is 11.1 Å². The molecule has 0 saturated heterocycles. The van der Waals surface area contributed by atoms with Gasteiger partial charge in [-0.25, -0.2) is 4.79 Å². The minimum absolute atomic E-state index is 0.199. The van der Waals surface area contributed by atoms with E-state index in [2.05, 4.69) is 0 Å². The predicted octanol–water partition coefficient (Wildman–Crippen LogP) is 8.36. The lowest BCUT2D eigenvalue weighted by Gasteiger charge is -2.41. The van der Waals surface area contributed by atoms with E-state index in [1.807, 2.05) is 26.8 Å². The molecule has 0 atom stereocenters. The molecule has 4 nitrogen and oxygen atoms in total. The first-order valence-corrected chi connectivity index (χ1v) is 11.8. The van der Waals surface area contributed by atoms with Crippen LogP contribution in [0.15, 0.2) is 60.7 Å². The van der Waals surface area contributed by atoms with Crippen molar-refractivity contribution < 1.29 is 14.3 Å². The topological polar surface area (TPSA) is 46.6 Å². The maximum atomic E-state index is 13.6. The third kappa shape index (κ3) is 4.69. The van der Waals surface area contributed by atoms with Gasteiger partial charge in [0.25, 0.3) is 5.91 Å². The zero-order valence-corrected chi connectivity index (χ0v) is 21.5. The fourth-order valence-corrected chi connectivity index (χ4v) is 5.02. The van der Waals surface area contributed by atoms with Crippen LogP contribution >= 0.6 is 46.4 Å². The third-order valence-corrected chi connectivity index (χ3v) is 6.60. The summed E-state index contributed by atoms with van der Waals surface area (Å²) in [5.41, 5.74) is 2.27. The molecule has 0 saturated carbocycles. The number of anilines is 1. The maximum Gasteiger partial charge on any atom is 0.345 e. The van der Waals surface area contributed by atoms with Crippen molar-refractivity contribution in [2.75, 3.05) is 4.90 Å². The van der Waals surface area contributed by atoms with E-state index < -0.39 is 11.5 Å². The summed E-state index contributed by atoms with van der Waals surface area (Å²) in [4.78, 5) is 27.9. The molecule has 0 radical (unpaired) electrons. The lowest BCUT2D eigenvalue weighted by molar-refractivity contribution is 0.0734. The number of carbonyl (C=O) groups is 2. The zero-order chi connectivity index (χ0) is 24.8. The number of halogens is 4. The molecule has 0 aromatic heterocycles. The molecule has 0 fully saturated rings. The number of hydrogen-bond donors (Lipinski definition) is 0. The molecule has 3 aromatic rings. The highest BCUT2D eigenvalue weighted by Gasteiger charge is 2.37. The summed E-state index contributed by atoms with van der Waals surface area (Å²) in [6, 6.07) is 14.4. The number of carbonyl (C=O) groups excluding carboxylic acids is 2. The van der Waals surface area contributed by atoms with Crippen LogP contribution in [0.5, 0.6) is 5.75 Å². The largest absolute Gasteiger partial charge is 0.423 e. The molecule has 34 heavy (non-hydrogen) atoms. The molecule has 0 bridgehead atoms. The van der Waals surface area contributed by atoms with Gasteiger partial charge < -0.3 is 4.74 Å². The van der Waals surface area contributed by atoms with Gasteiger partial charge in [-0.15, -0.1) is 0 Å². The van der Waals surface area contributed by atoms with Crippen LogP contribution in [0.3, 0.4) is 0 Å². The molecule has 1 aliphatic rings. The molecular weight excluding hydrogens is 516 g/mol. The van der Waals surface area contributed by atoms with Crippen LogP contribution in [-0.2, 0) is 0 Å². The second-order valence-electron chi connectivity index (χ2n) is 8.44. The van der Waals surface area contributed by atoms with Crippen molar-refractivity contribution in [1.29, 1.82) is 0 Å². The first kappa shape index (κ1) is 24.6. The normalized spacial score (nSPS) is 14.3. The molecule has 8 heteroatoms. The molecule has 0 unspecified atom stereocenters. The SMILES string of the molecule is CC1=CC(C)(C)N(C(=O)c2ccc(Cl)cc2Cl)c2ccc(OC(=O)c3ccc(Cl)cc3Cl)cc21. The van der Waals surface area contributed by atoms with Crippen LogP contribution in [0.2, 0.25) is 20.1 Å². The number of esters is 1. The van der Waals surface area contributed by atoms with Crippen molar-refractivity contribution in [2.45, 2.75) is 26.3 Å². The summed E-state index contributed by atoms with van der Waals surface area (Å²) in [6.07, 6.45) is 1.98. The highest BCUT2D eigenvalue weighted by Crippen LogP contribution is 2.42. The Kier molecular flexibility index (Phi) is 6.71. The van der Waals surface area contributed by atoms with Crippen LogP contribution in [0.4, 0.5) is 5.69 Å². The predicted molar refractivity (Wildman–Crippen MR) is 139 cm³/mol. The van der Waals surface area contributed by atoms with Gasteiger partial charge in [0.2, 0.25) is 0 Å². The number of nitrogens with zero attached hydrogens (tertiary/aromatic N) is 1. The van der Waals surface area contributed by atoms with E-state index in [1.54, 1.807) is 47.4 Å². The van der Waals surface area contributed by atoms with Gasteiger partial charge in [-0.05, 0) is 80.9 Å². The number of hydrogen-bond acceptors (Lipinski definition) is 3. The number of benzene rings is 3. The average molecular weight is 535 g/mol. The fourth-order valence-electron chi connectivity index (χ4n) is 4.04. The first-order chi connectivity index (χ1) is 16.0. The van der Waals surface area contributed by atoms with Crippen molar-refractivity contribution in [3.05, 3.63) is 97.5 Å². The minimum Gasteiger partial charge on any atom is -0.423 e. The lowest BCUT2D eigenvalue weighted by atomic mass is 9.88. The summed E-state index contributed by atoms with van der Waals surface area (Å²) in [6.45, 7) is 5.83. The number of rotatable bonds is 3. The molecule has 0 aliphatic carbocycles. The molecule has 0 spiro atoms. The quantitative estimate of drug-likeness (QED) is 0.250. The van der Waals surface area contributed by atoms with Gasteiger partial charge in [0.15, 0.2) is 0 Å². The van der Waals surface area contributed by atoms with Gasteiger partial charge >= 0.3 is 5.97 Å². The minimum atomic E-state index is -0.633. The third-order valence-electron chi connectivity index (χ3n) is 5.51. The van der Waals surface area contributed by atoms with Crippen molar-refractivity contribution in [1.82, 2.24) is 0 Å². The summed E-state index contributed by atoms with van der Waals surface area (Å²) >= 11 is 24.4. The van der Waals surface area contributed by atoms with Gasteiger partial charge in [0.1, 0.15) is 5.75 Å². The van der Waals surface area contributed by atoms with Gasteiger partial charge in [-0.3, -0.25) is 9.69 Å². The van der Waals surface area contributed by atoms with E-state index >= 15 is 0 Å². The van der Waals surface area contributed by atoms with Crippen LogP contribution in [0.25, 0.3) is 5.57 Å². The number of allylic oxidation sites excluding steroid dienone is 1. The molecule has 4 rings (SSSR count). The highest BCUT2D eigenvalue weighted by molar-refractivity contribution is 6.37. The van der Waals surface area contributed by atoms with Crippen molar-refractivity contribution in [2.24, 2.45) is 0 Å². The lowest BCUT2D eigenvalue weighted by Crippen LogP contribution is -2.49. The number of fused-ring (bicyclic) bond motifs is 1. The Hall–Kier alpha value is -2.50. The van der Waals surface area contributed by atoms with Crippen LogP contribution in [-0.4, -0.2) is 17.4 Å². The van der Waals surface area contributed by atoms with Crippen LogP contribution < -0.4 is 9.64 Å². The Morgan fingerprint density at radius 1 is 0.824 bits per heavy atom. The Bertz CT molecular complexity index is 1360. The van der Waals surface area contributed by atoms with Gasteiger partial charge in [-0.1, -0.05) is 52.5 Å². The second-order valence-corrected chi connectivity index (χ2v) is 10.1. The van der Waals surface area contributed by atoms with E-state index in [9.17, 15) is 9.59 Å². The smallest absolute Gasteiger partial charge is 0.345 e. The van der Waals surface area contributed by atoms with Crippen molar-refractivity contribution >= 4 is 69.5 Å². The summed E-state index contributed by atoms with van der Waals surface area (Å²) in [5, 5.41) is 1.34. The maximum absolute atomic E-state index is 13.6. The molecule has 0 N–H and O–H groups in total. The molecule has 1 amide bonds. The second kappa shape index (κ2) is 9.27. The van der Waals surface area contributed by atoms with Crippen molar-refractivity contribution in [3.8, 4) is 5.75 Å². The zero-order valence-electron chi connectivity index (χ0n) is 18.5.